The fourth-order valence-corrected chi connectivity index (χ4v) is 3.35. The second-order valence-electron chi connectivity index (χ2n) is 7.16. The highest BCUT2D eigenvalue weighted by molar-refractivity contribution is 6.31. The molecule has 1 aliphatic heterocycles. The number of carbonyl (C=O) groups excluding carboxylic acids is 1. The summed E-state index contributed by atoms with van der Waals surface area (Å²) in [6.45, 7) is 4.72. The molecule has 0 spiro atoms. The molecule has 0 saturated carbocycles. The van der Waals surface area contributed by atoms with Crippen LogP contribution in [-0.2, 0) is 16.2 Å². The first-order valence-corrected chi connectivity index (χ1v) is 9.75. The number of halogens is 1. The van der Waals surface area contributed by atoms with Gasteiger partial charge in [0.25, 0.3) is 0 Å². The molecule has 1 amide bonds. The van der Waals surface area contributed by atoms with Gasteiger partial charge in [-0.15, -0.1) is 0 Å². The highest BCUT2D eigenvalue weighted by Crippen LogP contribution is 2.23. The zero-order chi connectivity index (χ0) is 20.1. The summed E-state index contributed by atoms with van der Waals surface area (Å²) in [5.41, 5.74) is 2.80. The van der Waals surface area contributed by atoms with Crippen molar-refractivity contribution in [3.8, 4) is 5.75 Å². The molecule has 28 heavy (non-hydrogen) atoms. The SMILES string of the molecule is COc1ccc(C2=NOC(CN(Cc3ccccc3Cl)C(=O)C(C)C)C2)cc1. The van der Waals surface area contributed by atoms with Gasteiger partial charge in [-0.05, 0) is 41.5 Å². The third kappa shape index (κ3) is 4.84. The van der Waals surface area contributed by atoms with Crippen molar-refractivity contribution in [2.75, 3.05) is 13.7 Å². The van der Waals surface area contributed by atoms with Gasteiger partial charge in [-0.1, -0.05) is 48.8 Å². The van der Waals surface area contributed by atoms with Crippen molar-refractivity contribution in [3.05, 3.63) is 64.7 Å². The van der Waals surface area contributed by atoms with E-state index in [0.29, 0.717) is 24.5 Å². The molecular weight excluding hydrogens is 376 g/mol. The summed E-state index contributed by atoms with van der Waals surface area (Å²) >= 11 is 6.30. The van der Waals surface area contributed by atoms with Gasteiger partial charge < -0.3 is 14.5 Å². The Morgan fingerprint density at radius 2 is 1.96 bits per heavy atom. The fourth-order valence-electron chi connectivity index (χ4n) is 3.16. The van der Waals surface area contributed by atoms with Gasteiger partial charge in [0.05, 0.1) is 19.4 Å². The van der Waals surface area contributed by atoms with E-state index in [4.69, 9.17) is 21.2 Å². The van der Waals surface area contributed by atoms with Crippen molar-refractivity contribution >= 4 is 23.2 Å². The Morgan fingerprint density at radius 1 is 1.25 bits per heavy atom. The third-order valence-electron chi connectivity index (χ3n) is 4.70. The first-order valence-electron chi connectivity index (χ1n) is 9.37. The lowest BCUT2D eigenvalue weighted by atomic mass is 10.0. The first kappa shape index (κ1) is 20.2. The number of nitrogens with zero attached hydrogens (tertiary/aromatic N) is 2. The van der Waals surface area contributed by atoms with E-state index in [0.717, 1.165) is 22.6 Å². The summed E-state index contributed by atoms with van der Waals surface area (Å²) in [4.78, 5) is 20.2. The average molecular weight is 401 g/mol. The van der Waals surface area contributed by atoms with Crippen LogP contribution in [0.5, 0.6) is 5.75 Å². The molecule has 1 heterocycles. The Labute approximate surface area is 170 Å². The molecule has 0 N–H and O–H groups in total. The van der Waals surface area contributed by atoms with Crippen molar-refractivity contribution < 1.29 is 14.4 Å². The van der Waals surface area contributed by atoms with Gasteiger partial charge in [0.1, 0.15) is 5.75 Å². The highest BCUT2D eigenvalue weighted by Gasteiger charge is 2.28. The monoisotopic (exact) mass is 400 g/mol. The topological polar surface area (TPSA) is 51.1 Å². The van der Waals surface area contributed by atoms with Gasteiger partial charge in [0, 0.05) is 23.9 Å². The molecule has 1 atom stereocenters. The Hall–Kier alpha value is -2.53. The molecule has 148 valence electrons. The first-order chi connectivity index (χ1) is 13.5. The maximum atomic E-state index is 12.7. The van der Waals surface area contributed by atoms with Crippen molar-refractivity contribution in [1.29, 1.82) is 0 Å². The van der Waals surface area contributed by atoms with E-state index in [2.05, 4.69) is 5.16 Å². The van der Waals surface area contributed by atoms with Crippen LogP contribution in [0.15, 0.2) is 53.7 Å². The molecule has 0 radical (unpaired) electrons. The fraction of sp³-hybridized carbons (Fsp3) is 0.364. The van der Waals surface area contributed by atoms with Gasteiger partial charge in [0.15, 0.2) is 6.10 Å². The molecule has 0 aromatic heterocycles. The van der Waals surface area contributed by atoms with E-state index in [1.165, 1.54) is 0 Å². The molecule has 0 saturated heterocycles. The minimum absolute atomic E-state index is 0.0708. The van der Waals surface area contributed by atoms with E-state index in [-0.39, 0.29) is 17.9 Å². The largest absolute Gasteiger partial charge is 0.497 e. The molecule has 2 aromatic carbocycles. The average Bonchev–Trinajstić information content (AvgIpc) is 3.17. The number of methoxy groups -OCH3 is 1. The zero-order valence-corrected chi connectivity index (χ0v) is 17.1. The maximum Gasteiger partial charge on any atom is 0.225 e. The van der Waals surface area contributed by atoms with Crippen LogP contribution < -0.4 is 4.74 Å². The van der Waals surface area contributed by atoms with Gasteiger partial charge in [-0.3, -0.25) is 4.79 Å². The molecule has 1 unspecified atom stereocenters. The van der Waals surface area contributed by atoms with Gasteiger partial charge in [-0.2, -0.15) is 0 Å². The van der Waals surface area contributed by atoms with Crippen molar-refractivity contribution in [3.63, 3.8) is 0 Å². The molecule has 0 fully saturated rings. The summed E-state index contributed by atoms with van der Waals surface area (Å²) in [5.74, 6) is 0.764. The smallest absolute Gasteiger partial charge is 0.225 e. The van der Waals surface area contributed by atoms with Crippen LogP contribution in [0.2, 0.25) is 5.02 Å². The number of oxime groups is 1. The highest BCUT2D eigenvalue weighted by atomic mass is 35.5. The predicted molar refractivity (Wildman–Crippen MR) is 111 cm³/mol. The number of ether oxygens (including phenoxy) is 1. The van der Waals surface area contributed by atoms with Crippen molar-refractivity contribution in [1.82, 2.24) is 4.90 Å². The second kappa shape index (κ2) is 9.11. The number of rotatable bonds is 7. The number of benzene rings is 2. The Morgan fingerprint density at radius 3 is 2.61 bits per heavy atom. The molecule has 0 bridgehead atoms. The van der Waals surface area contributed by atoms with Crippen LogP contribution in [0.1, 0.15) is 31.4 Å². The van der Waals surface area contributed by atoms with Gasteiger partial charge in [0.2, 0.25) is 5.91 Å². The standard InChI is InChI=1S/C22H25ClN2O3/c1-15(2)22(26)25(13-17-6-4-5-7-20(17)23)14-19-12-21(24-28-19)16-8-10-18(27-3)11-9-16/h4-11,15,19H,12-14H2,1-3H3. The third-order valence-corrected chi connectivity index (χ3v) is 5.07. The zero-order valence-electron chi connectivity index (χ0n) is 16.4. The molecule has 0 aliphatic carbocycles. The van der Waals surface area contributed by atoms with Crippen LogP contribution in [0, 0.1) is 5.92 Å². The number of hydrogen-bond donors (Lipinski definition) is 0. The minimum atomic E-state index is -0.178. The number of amides is 1. The summed E-state index contributed by atoms with van der Waals surface area (Å²) in [6.07, 6.45) is 0.471. The maximum absolute atomic E-state index is 12.7. The van der Waals surface area contributed by atoms with E-state index in [9.17, 15) is 4.79 Å². The summed E-state index contributed by atoms with van der Waals surface area (Å²) in [7, 11) is 1.64. The van der Waals surface area contributed by atoms with Gasteiger partial charge in [-0.25, -0.2) is 0 Å². The van der Waals surface area contributed by atoms with Crippen LogP contribution in [0.4, 0.5) is 0 Å². The lowest BCUT2D eigenvalue weighted by Crippen LogP contribution is -2.39. The van der Waals surface area contributed by atoms with Crippen LogP contribution in [0.25, 0.3) is 0 Å². The Balaban J connectivity index is 1.68. The summed E-state index contributed by atoms with van der Waals surface area (Å²) in [6, 6.07) is 15.3. The van der Waals surface area contributed by atoms with Crippen LogP contribution in [0.3, 0.4) is 0 Å². The molecule has 1 aliphatic rings. The predicted octanol–water partition coefficient (Wildman–Crippen LogP) is 4.53. The molecule has 6 heteroatoms. The minimum Gasteiger partial charge on any atom is -0.497 e. The van der Waals surface area contributed by atoms with Crippen molar-refractivity contribution in [2.45, 2.75) is 32.9 Å². The normalized spacial score (nSPS) is 15.9. The molecule has 5 nitrogen and oxygen atoms in total. The molecule has 3 rings (SSSR count). The van der Waals surface area contributed by atoms with E-state index in [1.54, 1.807) is 7.11 Å². The van der Waals surface area contributed by atoms with Crippen LogP contribution in [-0.4, -0.2) is 36.3 Å². The lowest BCUT2D eigenvalue weighted by molar-refractivity contribution is -0.136. The lowest BCUT2D eigenvalue weighted by Gasteiger charge is -2.27. The summed E-state index contributed by atoms with van der Waals surface area (Å²) in [5, 5.41) is 4.90. The quantitative estimate of drug-likeness (QED) is 0.686. The second-order valence-corrected chi connectivity index (χ2v) is 7.57. The Kier molecular flexibility index (Phi) is 6.57. The van der Waals surface area contributed by atoms with Gasteiger partial charge >= 0.3 is 0 Å². The van der Waals surface area contributed by atoms with E-state index < -0.39 is 0 Å². The number of carbonyl (C=O) groups is 1. The van der Waals surface area contributed by atoms with Crippen LogP contribution >= 0.6 is 11.6 Å². The summed E-state index contributed by atoms with van der Waals surface area (Å²) < 4.78 is 5.19. The van der Waals surface area contributed by atoms with E-state index in [1.807, 2.05) is 67.3 Å². The van der Waals surface area contributed by atoms with Crippen molar-refractivity contribution in [2.24, 2.45) is 11.1 Å². The van der Waals surface area contributed by atoms with E-state index >= 15 is 0 Å². The molecular formula is C22H25ClN2O3. The number of hydrogen-bond acceptors (Lipinski definition) is 4. The Bertz CT molecular complexity index is 849. The molecule has 2 aromatic rings.